The van der Waals surface area contributed by atoms with E-state index in [9.17, 15) is 0 Å². The van der Waals surface area contributed by atoms with Crippen LogP contribution in [0.25, 0.3) is 0 Å². The van der Waals surface area contributed by atoms with Crippen LogP contribution < -0.4 is 15.4 Å². The lowest BCUT2D eigenvalue weighted by atomic mass is 10.2. The molecule has 0 aliphatic carbocycles. The Balaban J connectivity index is 0.00000338. The fourth-order valence-electron chi connectivity index (χ4n) is 2.14. The van der Waals surface area contributed by atoms with Gasteiger partial charge < -0.3 is 15.4 Å². The second-order valence-corrected chi connectivity index (χ2v) is 6.22. The Bertz CT molecular complexity index is 645. The Morgan fingerprint density at radius 3 is 2.50 bits per heavy atom. The van der Waals surface area contributed by atoms with Crippen molar-refractivity contribution in [2.24, 2.45) is 10.9 Å². The summed E-state index contributed by atoms with van der Waals surface area (Å²) in [5.74, 6) is 2.21. The molecule has 0 aliphatic rings. The van der Waals surface area contributed by atoms with Crippen molar-refractivity contribution in [2.45, 2.75) is 33.9 Å². The highest BCUT2D eigenvalue weighted by Crippen LogP contribution is 2.13. The average molecular weight is 468 g/mol. The van der Waals surface area contributed by atoms with Gasteiger partial charge in [-0.2, -0.15) is 0 Å². The molecule has 0 radical (unpaired) electrons. The van der Waals surface area contributed by atoms with Crippen molar-refractivity contribution < 1.29 is 4.74 Å². The number of nitrogens with zero attached hydrogens (tertiary/aromatic N) is 2. The van der Waals surface area contributed by atoms with E-state index in [0.717, 1.165) is 36.1 Å². The number of pyridine rings is 1. The molecular formula is C20H29IN4O. The summed E-state index contributed by atoms with van der Waals surface area (Å²) in [6, 6.07) is 14.0. The van der Waals surface area contributed by atoms with Crippen LogP contribution >= 0.6 is 24.0 Å². The van der Waals surface area contributed by atoms with Gasteiger partial charge in [0, 0.05) is 12.7 Å². The summed E-state index contributed by atoms with van der Waals surface area (Å²) in [5, 5.41) is 6.56. The molecule has 142 valence electrons. The molecule has 0 saturated heterocycles. The minimum Gasteiger partial charge on any atom is -0.493 e. The highest BCUT2D eigenvalue weighted by atomic mass is 127. The van der Waals surface area contributed by atoms with Gasteiger partial charge in [-0.3, -0.25) is 4.98 Å². The first-order valence-electron chi connectivity index (χ1n) is 8.81. The van der Waals surface area contributed by atoms with Gasteiger partial charge in [0.15, 0.2) is 5.96 Å². The van der Waals surface area contributed by atoms with Crippen LogP contribution in [0.3, 0.4) is 0 Å². The maximum Gasteiger partial charge on any atom is 0.191 e. The molecule has 1 aromatic carbocycles. The molecule has 0 aliphatic heterocycles. The largest absolute Gasteiger partial charge is 0.493 e. The van der Waals surface area contributed by atoms with Crippen molar-refractivity contribution in [1.29, 1.82) is 0 Å². The van der Waals surface area contributed by atoms with E-state index in [2.05, 4.69) is 53.5 Å². The van der Waals surface area contributed by atoms with E-state index in [0.29, 0.717) is 19.0 Å². The first-order chi connectivity index (χ1) is 12.2. The van der Waals surface area contributed by atoms with Crippen LogP contribution in [0.1, 0.15) is 32.0 Å². The van der Waals surface area contributed by atoms with Crippen LogP contribution in [0.15, 0.2) is 53.7 Å². The lowest BCUT2D eigenvalue weighted by Gasteiger charge is -2.11. The number of hydrogen-bond acceptors (Lipinski definition) is 3. The van der Waals surface area contributed by atoms with Crippen LogP contribution in [0.4, 0.5) is 0 Å². The van der Waals surface area contributed by atoms with E-state index < -0.39 is 0 Å². The van der Waals surface area contributed by atoms with Crippen molar-refractivity contribution >= 4 is 29.9 Å². The highest BCUT2D eigenvalue weighted by Gasteiger charge is 2.00. The zero-order chi connectivity index (χ0) is 17.9. The number of rotatable bonds is 8. The van der Waals surface area contributed by atoms with Crippen LogP contribution in [0.2, 0.25) is 0 Å². The van der Waals surface area contributed by atoms with Crippen LogP contribution in [0.5, 0.6) is 5.75 Å². The normalized spacial score (nSPS) is 11.0. The first kappa shape index (κ1) is 22.2. The van der Waals surface area contributed by atoms with E-state index in [-0.39, 0.29) is 24.0 Å². The van der Waals surface area contributed by atoms with Crippen molar-refractivity contribution in [2.75, 3.05) is 13.2 Å². The maximum atomic E-state index is 5.71. The van der Waals surface area contributed by atoms with Crippen LogP contribution in [-0.2, 0) is 13.1 Å². The van der Waals surface area contributed by atoms with E-state index >= 15 is 0 Å². The number of benzene rings is 1. The van der Waals surface area contributed by atoms with Gasteiger partial charge in [-0.05, 0) is 42.7 Å². The highest BCUT2D eigenvalue weighted by molar-refractivity contribution is 14.0. The number of guanidine groups is 1. The molecule has 5 nitrogen and oxygen atoms in total. The summed E-state index contributed by atoms with van der Waals surface area (Å²) in [4.78, 5) is 8.94. The van der Waals surface area contributed by atoms with Crippen LogP contribution in [0, 0.1) is 5.92 Å². The van der Waals surface area contributed by atoms with E-state index in [1.807, 2.05) is 30.3 Å². The van der Waals surface area contributed by atoms with Gasteiger partial charge in [0.05, 0.1) is 25.4 Å². The van der Waals surface area contributed by atoms with Gasteiger partial charge in [0.25, 0.3) is 0 Å². The van der Waals surface area contributed by atoms with E-state index in [1.54, 1.807) is 6.20 Å². The molecule has 2 rings (SSSR count). The van der Waals surface area contributed by atoms with Crippen LogP contribution in [-0.4, -0.2) is 24.1 Å². The summed E-state index contributed by atoms with van der Waals surface area (Å²) >= 11 is 0. The summed E-state index contributed by atoms with van der Waals surface area (Å²) in [6.45, 7) is 9.15. The van der Waals surface area contributed by atoms with Gasteiger partial charge >= 0.3 is 0 Å². The molecule has 2 aromatic rings. The SMILES string of the molecule is CCNC(=NCc1ccc(OCC(C)C)cc1)NCc1ccccn1.I. The Hall–Kier alpha value is -1.83. The number of aromatic nitrogens is 1. The van der Waals surface area contributed by atoms with E-state index in [1.165, 1.54) is 0 Å². The molecule has 0 amide bonds. The molecule has 6 heteroatoms. The molecule has 0 atom stereocenters. The predicted octanol–water partition coefficient (Wildman–Crippen LogP) is 3.99. The summed E-state index contributed by atoms with van der Waals surface area (Å²) in [7, 11) is 0. The lowest BCUT2D eigenvalue weighted by molar-refractivity contribution is 0.271. The first-order valence-corrected chi connectivity index (χ1v) is 8.81. The number of halogens is 1. The number of ether oxygens (including phenoxy) is 1. The smallest absolute Gasteiger partial charge is 0.191 e. The summed E-state index contributed by atoms with van der Waals surface area (Å²) in [5.41, 5.74) is 2.13. The minimum absolute atomic E-state index is 0. The summed E-state index contributed by atoms with van der Waals surface area (Å²) < 4.78 is 5.71. The molecule has 0 saturated carbocycles. The maximum absolute atomic E-state index is 5.71. The summed E-state index contributed by atoms with van der Waals surface area (Å²) in [6.07, 6.45) is 1.80. The predicted molar refractivity (Wildman–Crippen MR) is 118 cm³/mol. The molecule has 1 aromatic heterocycles. The topological polar surface area (TPSA) is 58.5 Å². The monoisotopic (exact) mass is 468 g/mol. The third-order valence-corrected chi connectivity index (χ3v) is 3.43. The van der Waals surface area contributed by atoms with Crippen molar-refractivity contribution in [3.63, 3.8) is 0 Å². The van der Waals surface area contributed by atoms with Gasteiger partial charge in [-0.25, -0.2) is 4.99 Å². The Morgan fingerprint density at radius 1 is 1.12 bits per heavy atom. The van der Waals surface area contributed by atoms with Gasteiger partial charge in [0.1, 0.15) is 5.75 Å². The van der Waals surface area contributed by atoms with E-state index in [4.69, 9.17) is 4.74 Å². The second kappa shape index (κ2) is 12.5. The van der Waals surface area contributed by atoms with Gasteiger partial charge in [0.2, 0.25) is 0 Å². The Morgan fingerprint density at radius 2 is 1.88 bits per heavy atom. The fraction of sp³-hybridized carbons (Fsp3) is 0.400. The molecule has 2 N–H and O–H groups in total. The molecule has 0 bridgehead atoms. The fourth-order valence-corrected chi connectivity index (χ4v) is 2.14. The number of aliphatic imine (C=N–C) groups is 1. The van der Waals surface area contributed by atoms with Gasteiger partial charge in [-0.1, -0.05) is 32.0 Å². The van der Waals surface area contributed by atoms with Gasteiger partial charge in [-0.15, -0.1) is 24.0 Å². The van der Waals surface area contributed by atoms with Crippen molar-refractivity contribution in [1.82, 2.24) is 15.6 Å². The Kier molecular flexibility index (Phi) is 10.7. The second-order valence-electron chi connectivity index (χ2n) is 6.22. The molecule has 0 fully saturated rings. The number of nitrogens with one attached hydrogen (secondary N) is 2. The standard InChI is InChI=1S/C20H28N4O.HI/c1-4-21-20(24-14-18-7-5-6-12-22-18)23-13-17-8-10-19(11-9-17)25-15-16(2)3;/h5-12,16H,4,13-15H2,1-3H3,(H2,21,23,24);1H. The quantitative estimate of drug-likeness (QED) is 0.350. The third-order valence-electron chi connectivity index (χ3n) is 3.43. The minimum atomic E-state index is 0. The van der Waals surface area contributed by atoms with Crippen molar-refractivity contribution in [3.8, 4) is 5.75 Å². The molecule has 26 heavy (non-hydrogen) atoms. The zero-order valence-electron chi connectivity index (χ0n) is 15.7. The van der Waals surface area contributed by atoms with Crippen molar-refractivity contribution in [3.05, 3.63) is 59.9 Å². The lowest BCUT2D eigenvalue weighted by Crippen LogP contribution is -2.36. The number of hydrogen-bond donors (Lipinski definition) is 2. The third kappa shape index (κ3) is 8.51. The Labute approximate surface area is 173 Å². The zero-order valence-corrected chi connectivity index (χ0v) is 18.1. The molecule has 0 unspecified atom stereocenters. The molecule has 0 spiro atoms. The molecular weight excluding hydrogens is 439 g/mol. The molecule has 1 heterocycles. The average Bonchev–Trinajstić information content (AvgIpc) is 2.64.